The lowest BCUT2D eigenvalue weighted by Gasteiger charge is -2.31. The smallest absolute Gasteiger partial charge is 0.228 e. The van der Waals surface area contributed by atoms with Gasteiger partial charge in [-0.1, -0.05) is 42.5 Å². The monoisotopic (exact) mass is 470 g/mol. The summed E-state index contributed by atoms with van der Waals surface area (Å²) in [7, 11) is -1.58. The van der Waals surface area contributed by atoms with E-state index >= 15 is 0 Å². The molecule has 2 amide bonds. The Bertz CT molecular complexity index is 1100. The lowest BCUT2D eigenvalue weighted by Crippen LogP contribution is -2.44. The van der Waals surface area contributed by atoms with Crippen molar-refractivity contribution < 1.29 is 22.7 Å². The van der Waals surface area contributed by atoms with Gasteiger partial charge in [-0.05, 0) is 36.1 Å². The van der Waals surface area contributed by atoms with Crippen LogP contribution in [0.15, 0.2) is 54.6 Å². The maximum Gasteiger partial charge on any atom is 0.228 e. The van der Waals surface area contributed by atoms with E-state index in [9.17, 15) is 18.0 Å². The standard InChI is InChI=1S/C25H30N2O5S/c1-32-23-9-5-8-20(14-23)16-27(22-11-13-33(30,31)18-22)25(29)21-15-24(28)26(17-21)12-10-19-6-3-2-4-7-19/h2-9,14,21-22H,10-13,15-18H2,1H3. The summed E-state index contributed by atoms with van der Waals surface area (Å²) in [5.41, 5.74) is 2.02. The van der Waals surface area contributed by atoms with E-state index in [1.165, 1.54) is 0 Å². The van der Waals surface area contributed by atoms with Gasteiger partial charge in [0.1, 0.15) is 5.75 Å². The first-order valence-electron chi connectivity index (χ1n) is 11.3. The van der Waals surface area contributed by atoms with Crippen molar-refractivity contribution in [3.05, 3.63) is 65.7 Å². The number of benzene rings is 2. The third-order valence-electron chi connectivity index (χ3n) is 6.50. The van der Waals surface area contributed by atoms with Gasteiger partial charge in [-0.2, -0.15) is 0 Å². The average molecular weight is 471 g/mol. The first kappa shape index (κ1) is 23.3. The lowest BCUT2D eigenvalue weighted by molar-refractivity contribution is -0.138. The van der Waals surface area contributed by atoms with Crippen LogP contribution in [-0.4, -0.2) is 67.8 Å². The van der Waals surface area contributed by atoms with Crippen molar-refractivity contribution in [3.63, 3.8) is 0 Å². The minimum Gasteiger partial charge on any atom is -0.497 e. The summed E-state index contributed by atoms with van der Waals surface area (Å²) in [6.45, 7) is 1.24. The molecule has 0 aromatic heterocycles. The van der Waals surface area contributed by atoms with Crippen molar-refractivity contribution in [2.45, 2.75) is 31.8 Å². The number of hydrogen-bond donors (Lipinski definition) is 0. The molecule has 2 aliphatic rings. The Morgan fingerprint density at radius 3 is 2.58 bits per heavy atom. The van der Waals surface area contributed by atoms with Crippen molar-refractivity contribution in [3.8, 4) is 5.75 Å². The second-order valence-electron chi connectivity index (χ2n) is 8.85. The Hall–Kier alpha value is -2.87. The number of amides is 2. The number of likely N-dealkylation sites (tertiary alicyclic amines) is 1. The second-order valence-corrected chi connectivity index (χ2v) is 11.1. The predicted octanol–water partition coefficient (Wildman–Crippen LogP) is 2.30. The highest BCUT2D eigenvalue weighted by Crippen LogP contribution is 2.27. The molecule has 0 radical (unpaired) electrons. The van der Waals surface area contributed by atoms with Crippen molar-refractivity contribution in [1.29, 1.82) is 0 Å². The predicted molar refractivity (Wildman–Crippen MR) is 125 cm³/mol. The molecule has 0 N–H and O–H groups in total. The molecule has 8 heteroatoms. The normalized spacial score (nSPS) is 21.8. The van der Waals surface area contributed by atoms with Crippen LogP contribution < -0.4 is 4.74 Å². The minimum absolute atomic E-state index is 0.0235. The molecular weight excluding hydrogens is 440 g/mol. The number of carbonyl (C=O) groups excluding carboxylic acids is 2. The molecule has 0 saturated carbocycles. The van der Waals surface area contributed by atoms with Gasteiger partial charge in [-0.3, -0.25) is 9.59 Å². The van der Waals surface area contributed by atoms with E-state index in [-0.39, 0.29) is 35.8 Å². The molecule has 2 heterocycles. The van der Waals surface area contributed by atoms with Gasteiger partial charge in [-0.15, -0.1) is 0 Å². The number of sulfone groups is 1. The number of hydrogen-bond acceptors (Lipinski definition) is 5. The number of ether oxygens (including phenoxy) is 1. The van der Waals surface area contributed by atoms with Crippen LogP contribution >= 0.6 is 0 Å². The Labute approximate surface area is 195 Å². The number of rotatable bonds is 8. The zero-order chi connectivity index (χ0) is 23.4. The van der Waals surface area contributed by atoms with Gasteiger partial charge in [0.2, 0.25) is 11.8 Å². The fraction of sp³-hybridized carbons (Fsp3) is 0.440. The van der Waals surface area contributed by atoms with E-state index in [1.54, 1.807) is 16.9 Å². The summed E-state index contributed by atoms with van der Waals surface area (Å²) in [5, 5.41) is 0. The molecule has 4 rings (SSSR count). The molecule has 7 nitrogen and oxygen atoms in total. The fourth-order valence-electron chi connectivity index (χ4n) is 4.67. The molecule has 2 aromatic rings. The Morgan fingerprint density at radius 2 is 1.88 bits per heavy atom. The summed E-state index contributed by atoms with van der Waals surface area (Å²) < 4.78 is 29.6. The molecule has 2 aromatic carbocycles. The molecule has 2 unspecified atom stereocenters. The van der Waals surface area contributed by atoms with Crippen molar-refractivity contribution >= 4 is 21.7 Å². The van der Waals surface area contributed by atoms with E-state index in [0.717, 1.165) is 17.5 Å². The molecule has 2 atom stereocenters. The van der Waals surface area contributed by atoms with Crippen LogP contribution in [0.4, 0.5) is 0 Å². The van der Waals surface area contributed by atoms with Crippen molar-refractivity contribution in [2.75, 3.05) is 31.7 Å². The summed E-state index contributed by atoms with van der Waals surface area (Å²) in [6.07, 6.45) is 1.33. The van der Waals surface area contributed by atoms with Gasteiger partial charge in [-0.25, -0.2) is 8.42 Å². The Kier molecular flexibility index (Phi) is 7.02. The second kappa shape index (κ2) is 9.95. The lowest BCUT2D eigenvalue weighted by atomic mass is 10.0. The van der Waals surface area contributed by atoms with Gasteiger partial charge in [0.25, 0.3) is 0 Å². The highest BCUT2D eigenvalue weighted by atomic mass is 32.2. The maximum atomic E-state index is 13.6. The molecular formula is C25H30N2O5S. The first-order chi connectivity index (χ1) is 15.8. The van der Waals surface area contributed by atoms with Crippen LogP contribution in [-0.2, 0) is 32.4 Å². The topological polar surface area (TPSA) is 84.0 Å². The highest BCUT2D eigenvalue weighted by Gasteiger charge is 2.41. The van der Waals surface area contributed by atoms with Crippen LogP contribution in [0.3, 0.4) is 0 Å². The minimum atomic E-state index is -3.16. The molecule has 176 valence electrons. The third kappa shape index (κ3) is 5.74. The Morgan fingerprint density at radius 1 is 1.12 bits per heavy atom. The number of carbonyl (C=O) groups is 2. The fourth-order valence-corrected chi connectivity index (χ4v) is 6.40. The van der Waals surface area contributed by atoms with Crippen molar-refractivity contribution in [1.82, 2.24) is 9.80 Å². The largest absolute Gasteiger partial charge is 0.497 e. The molecule has 2 fully saturated rings. The molecule has 0 aliphatic carbocycles. The van der Waals surface area contributed by atoms with E-state index in [2.05, 4.69) is 0 Å². The summed E-state index contributed by atoms with van der Waals surface area (Å²) in [6, 6.07) is 17.0. The van der Waals surface area contributed by atoms with Gasteiger partial charge in [0.15, 0.2) is 9.84 Å². The van der Waals surface area contributed by atoms with Gasteiger partial charge >= 0.3 is 0 Å². The van der Waals surface area contributed by atoms with E-state index in [4.69, 9.17) is 4.74 Å². The average Bonchev–Trinajstić information content (AvgIpc) is 3.37. The van der Waals surface area contributed by atoms with E-state index in [0.29, 0.717) is 31.8 Å². The van der Waals surface area contributed by atoms with Crippen LogP contribution in [0.2, 0.25) is 0 Å². The molecule has 0 bridgehead atoms. The van der Waals surface area contributed by atoms with Gasteiger partial charge in [0, 0.05) is 32.1 Å². The SMILES string of the molecule is COc1cccc(CN(C(=O)C2CC(=O)N(CCc3ccccc3)C2)C2CCS(=O)(=O)C2)c1. The highest BCUT2D eigenvalue weighted by molar-refractivity contribution is 7.91. The quantitative estimate of drug-likeness (QED) is 0.591. The van der Waals surface area contributed by atoms with Gasteiger partial charge in [0.05, 0.1) is 24.5 Å². The van der Waals surface area contributed by atoms with Crippen LogP contribution in [0.1, 0.15) is 24.0 Å². The number of nitrogens with zero attached hydrogens (tertiary/aromatic N) is 2. The third-order valence-corrected chi connectivity index (χ3v) is 8.25. The first-order valence-corrected chi connectivity index (χ1v) is 13.1. The summed E-state index contributed by atoms with van der Waals surface area (Å²) in [4.78, 5) is 29.7. The van der Waals surface area contributed by atoms with E-state index in [1.807, 2.05) is 54.6 Å². The maximum absolute atomic E-state index is 13.6. The molecule has 33 heavy (non-hydrogen) atoms. The van der Waals surface area contributed by atoms with Crippen molar-refractivity contribution in [2.24, 2.45) is 5.92 Å². The zero-order valence-corrected chi connectivity index (χ0v) is 19.7. The molecule has 0 spiro atoms. The zero-order valence-electron chi connectivity index (χ0n) is 18.9. The summed E-state index contributed by atoms with van der Waals surface area (Å²) in [5.74, 6) is 0.123. The molecule has 2 aliphatic heterocycles. The van der Waals surface area contributed by atoms with Crippen LogP contribution in [0.5, 0.6) is 5.75 Å². The van der Waals surface area contributed by atoms with Gasteiger partial charge < -0.3 is 14.5 Å². The van der Waals surface area contributed by atoms with E-state index < -0.39 is 15.8 Å². The van der Waals surface area contributed by atoms with Crippen LogP contribution in [0, 0.1) is 5.92 Å². The molecule has 2 saturated heterocycles. The number of methoxy groups -OCH3 is 1. The van der Waals surface area contributed by atoms with Crippen LogP contribution in [0.25, 0.3) is 0 Å². The Balaban J connectivity index is 1.47. The summed E-state index contributed by atoms with van der Waals surface area (Å²) >= 11 is 0.